The van der Waals surface area contributed by atoms with Gasteiger partial charge in [-0.25, -0.2) is 0 Å². The van der Waals surface area contributed by atoms with Crippen LogP contribution in [0.5, 0.6) is 0 Å². The molecular formula is C18H20. The van der Waals surface area contributed by atoms with Crippen molar-refractivity contribution in [2.75, 3.05) is 0 Å². The molecule has 0 nitrogen and oxygen atoms in total. The standard InChI is InChI=1S/C18H20/c1-12-6-13(2)9-17(8-12)16(5)18-10-14(3)7-15(4)11-18/h6-11H,5H2,1-4H3. The smallest absolute Gasteiger partial charge is 0.0179 e. The Kier molecular flexibility index (Phi) is 3.38. The van der Waals surface area contributed by atoms with Crippen molar-refractivity contribution < 1.29 is 0 Å². The van der Waals surface area contributed by atoms with Crippen molar-refractivity contribution in [1.29, 1.82) is 0 Å². The van der Waals surface area contributed by atoms with Gasteiger partial charge in [-0.3, -0.25) is 0 Å². The first kappa shape index (κ1) is 12.6. The summed E-state index contributed by atoms with van der Waals surface area (Å²) in [7, 11) is 0. The van der Waals surface area contributed by atoms with E-state index in [9.17, 15) is 0 Å². The number of rotatable bonds is 2. The Bertz CT molecular complexity index is 509. The third-order valence-electron chi connectivity index (χ3n) is 3.14. The maximum absolute atomic E-state index is 4.26. The Balaban J connectivity index is 2.47. The Hall–Kier alpha value is -1.82. The number of aryl methyl sites for hydroxylation is 4. The largest absolute Gasteiger partial charge is 0.0906 e. The highest BCUT2D eigenvalue weighted by molar-refractivity contribution is 5.79. The van der Waals surface area contributed by atoms with E-state index in [0.717, 1.165) is 5.57 Å². The Labute approximate surface area is 110 Å². The maximum Gasteiger partial charge on any atom is -0.0179 e. The molecule has 92 valence electrons. The second-order valence-corrected chi connectivity index (χ2v) is 5.23. The second-order valence-electron chi connectivity index (χ2n) is 5.23. The fourth-order valence-corrected chi connectivity index (χ4v) is 2.46. The molecule has 0 saturated carbocycles. The van der Waals surface area contributed by atoms with Crippen molar-refractivity contribution in [2.45, 2.75) is 27.7 Å². The molecule has 2 aromatic rings. The molecule has 0 aromatic heterocycles. The average Bonchev–Trinajstić information content (AvgIpc) is 2.25. The Morgan fingerprint density at radius 3 is 1.17 bits per heavy atom. The SMILES string of the molecule is C=C(c1cc(C)cc(C)c1)c1cc(C)cc(C)c1. The summed E-state index contributed by atoms with van der Waals surface area (Å²) in [5.41, 5.74) is 8.70. The third kappa shape index (κ3) is 2.70. The zero-order valence-corrected chi connectivity index (χ0v) is 11.7. The van der Waals surface area contributed by atoms with Crippen LogP contribution in [-0.4, -0.2) is 0 Å². The summed E-state index contributed by atoms with van der Waals surface area (Å²) in [6, 6.07) is 13.2. The van der Waals surface area contributed by atoms with Crippen LogP contribution in [0.4, 0.5) is 0 Å². The lowest BCUT2D eigenvalue weighted by molar-refractivity contribution is 1.34. The third-order valence-corrected chi connectivity index (χ3v) is 3.14. The van der Waals surface area contributed by atoms with Crippen LogP contribution >= 0.6 is 0 Å². The predicted molar refractivity (Wildman–Crippen MR) is 80.0 cm³/mol. The highest BCUT2D eigenvalue weighted by Crippen LogP contribution is 2.25. The van der Waals surface area contributed by atoms with Crippen molar-refractivity contribution in [1.82, 2.24) is 0 Å². The molecule has 0 heterocycles. The van der Waals surface area contributed by atoms with Crippen molar-refractivity contribution >= 4 is 5.57 Å². The van der Waals surface area contributed by atoms with Gasteiger partial charge in [-0.15, -0.1) is 0 Å². The van der Waals surface area contributed by atoms with E-state index >= 15 is 0 Å². The van der Waals surface area contributed by atoms with Crippen LogP contribution in [-0.2, 0) is 0 Å². The molecule has 0 aliphatic carbocycles. The minimum atomic E-state index is 1.11. The van der Waals surface area contributed by atoms with Crippen LogP contribution in [0.15, 0.2) is 43.0 Å². The molecule has 0 amide bonds. The van der Waals surface area contributed by atoms with Gasteiger partial charge in [-0.2, -0.15) is 0 Å². The van der Waals surface area contributed by atoms with Crippen molar-refractivity contribution in [3.63, 3.8) is 0 Å². The zero-order valence-electron chi connectivity index (χ0n) is 11.7. The summed E-state index contributed by atoms with van der Waals surface area (Å²) in [6.45, 7) is 12.8. The summed E-state index contributed by atoms with van der Waals surface area (Å²) < 4.78 is 0. The lowest BCUT2D eigenvalue weighted by atomic mass is 9.94. The zero-order chi connectivity index (χ0) is 13.3. The summed E-state index contributed by atoms with van der Waals surface area (Å²) in [5.74, 6) is 0. The lowest BCUT2D eigenvalue weighted by Crippen LogP contribution is -1.91. The van der Waals surface area contributed by atoms with Crippen LogP contribution in [0.3, 0.4) is 0 Å². The van der Waals surface area contributed by atoms with Gasteiger partial charge >= 0.3 is 0 Å². The Morgan fingerprint density at radius 1 is 0.611 bits per heavy atom. The van der Waals surface area contributed by atoms with E-state index in [1.807, 2.05) is 0 Å². The molecule has 2 aromatic carbocycles. The molecule has 0 fully saturated rings. The van der Waals surface area contributed by atoms with Crippen LogP contribution in [0.25, 0.3) is 5.57 Å². The topological polar surface area (TPSA) is 0 Å². The van der Waals surface area contributed by atoms with Gasteiger partial charge in [0.2, 0.25) is 0 Å². The molecule has 0 aliphatic heterocycles. The molecule has 0 bridgehead atoms. The molecule has 0 aliphatic rings. The fourth-order valence-electron chi connectivity index (χ4n) is 2.46. The van der Waals surface area contributed by atoms with E-state index in [1.165, 1.54) is 33.4 Å². The lowest BCUT2D eigenvalue weighted by Gasteiger charge is -2.10. The van der Waals surface area contributed by atoms with Gasteiger partial charge in [0.25, 0.3) is 0 Å². The number of hydrogen-bond acceptors (Lipinski definition) is 0. The van der Waals surface area contributed by atoms with Gasteiger partial charge in [0.15, 0.2) is 0 Å². The summed E-state index contributed by atoms with van der Waals surface area (Å²) >= 11 is 0. The molecule has 0 N–H and O–H groups in total. The minimum absolute atomic E-state index is 1.11. The van der Waals surface area contributed by atoms with E-state index in [2.05, 4.69) is 70.7 Å². The molecule has 18 heavy (non-hydrogen) atoms. The molecule has 0 unspecified atom stereocenters. The molecular weight excluding hydrogens is 216 g/mol. The highest BCUT2D eigenvalue weighted by Gasteiger charge is 2.05. The quantitative estimate of drug-likeness (QED) is 0.689. The van der Waals surface area contributed by atoms with Crippen LogP contribution in [0.1, 0.15) is 33.4 Å². The van der Waals surface area contributed by atoms with Gasteiger partial charge in [-0.1, -0.05) is 65.2 Å². The van der Waals surface area contributed by atoms with Crippen molar-refractivity contribution in [2.24, 2.45) is 0 Å². The normalized spacial score (nSPS) is 10.4. The molecule has 0 heteroatoms. The van der Waals surface area contributed by atoms with Gasteiger partial charge < -0.3 is 0 Å². The van der Waals surface area contributed by atoms with Crippen molar-refractivity contribution in [3.8, 4) is 0 Å². The second kappa shape index (κ2) is 4.81. The highest BCUT2D eigenvalue weighted by atomic mass is 14.1. The first-order valence-electron chi connectivity index (χ1n) is 6.32. The average molecular weight is 236 g/mol. The van der Waals surface area contributed by atoms with Gasteiger partial charge in [0, 0.05) is 0 Å². The Morgan fingerprint density at radius 2 is 0.889 bits per heavy atom. The minimum Gasteiger partial charge on any atom is -0.0906 e. The summed E-state index contributed by atoms with van der Waals surface area (Å²) in [6.07, 6.45) is 0. The molecule has 0 saturated heterocycles. The van der Waals surface area contributed by atoms with E-state index in [4.69, 9.17) is 0 Å². The van der Waals surface area contributed by atoms with Crippen LogP contribution in [0, 0.1) is 27.7 Å². The van der Waals surface area contributed by atoms with E-state index < -0.39 is 0 Å². The van der Waals surface area contributed by atoms with Crippen LogP contribution in [0.2, 0.25) is 0 Å². The summed E-state index contributed by atoms with van der Waals surface area (Å²) in [4.78, 5) is 0. The maximum atomic E-state index is 4.26. The van der Waals surface area contributed by atoms with E-state index in [0.29, 0.717) is 0 Å². The van der Waals surface area contributed by atoms with Crippen LogP contribution < -0.4 is 0 Å². The first-order chi connectivity index (χ1) is 8.45. The number of hydrogen-bond donors (Lipinski definition) is 0. The fraction of sp³-hybridized carbons (Fsp3) is 0.222. The van der Waals surface area contributed by atoms with Gasteiger partial charge in [-0.05, 0) is 44.4 Å². The first-order valence-corrected chi connectivity index (χ1v) is 6.32. The molecule has 0 atom stereocenters. The molecule has 0 radical (unpaired) electrons. The van der Waals surface area contributed by atoms with E-state index in [1.54, 1.807) is 0 Å². The number of benzene rings is 2. The van der Waals surface area contributed by atoms with Gasteiger partial charge in [0.1, 0.15) is 0 Å². The monoisotopic (exact) mass is 236 g/mol. The predicted octanol–water partition coefficient (Wildman–Crippen LogP) is 4.98. The molecule has 2 rings (SSSR count). The van der Waals surface area contributed by atoms with E-state index in [-0.39, 0.29) is 0 Å². The van der Waals surface area contributed by atoms with Crippen molar-refractivity contribution in [3.05, 3.63) is 76.4 Å². The molecule has 0 spiro atoms. The summed E-state index contributed by atoms with van der Waals surface area (Å²) in [5, 5.41) is 0. The van der Waals surface area contributed by atoms with Gasteiger partial charge in [0.05, 0.1) is 0 Å².